The molecule has 1 saturated carbocycles. The van der Waals surface area contributed by atoms with Crippen molar-refractivity contribution in [3.8, 4) is 0 Å². The van der Waals surface area contributed by atoms with Crippen molar-refractivity contribution in [1.29, 1.82) is 0 Å². The van der Waals surface area contributed by atoms with E-state index in [9.17, 15) is 0 Å². The van der Waals surface area contributed by atoms with Crippen LogP contribution in [0.2, 0.25) is 0 Å². The molecule has 2 unspecified atom stereocenters. The van der Waals surface area contributed by atoms with Gasteiger partial charge in [-0.25, -0.2) is 4.99 Å². The Balaban J connectivity index is 0.00000133. The molecule has 1 saturated heterocycles. The summed E-state index contributed by atoms with van der Waals surface area (Å²) in [5, 5.41) is 0. The van der Waals surface area contributed by atoms with Gasteiger partial charge in [-0.3, -0.25) is 0 Å². The summed E-state index contributed by atoms with van der Waals surface area (Å²) in [4.78, 5) is 6.93. The molecular weight excluding hydrogens is 349 g/mol. The van der Waals surface area contributed by atoms with Gasteiger partial charge in [0, 0.05) is 19.0 Å². The fourth-order valence-corrected chi connectivity index (χ4v) is 2.76. The highest BCUT2D eigenvalue weighted by Gasteiger charge is 2.38. The number of benzene rings is 1. The van der Waals surface area contributed by atoms with Gasteiger partial charge in [-0.2, -0.15) is 0 Å². The van der Waals surface area contributed by atoms with Gasteiger partial charge in [-0.1, -0.05) is 30.3 Å². The standard InChI is InChI=1S/C15H21N3.HI/c16-15(18-9-5-2-6-10-18)17-14-11-13(14)12-7-3-1-4-8-12;/h1,3-4,7-8,13-14H,2,5-6,9-11H2,(H2,16,17);1H. The highest BCUT2D eigenvalue weighted by Crippen LogP contribution is 2.43. The van der Waals surface area contributed by atoms with E-state index in [-0.39, 0.29) is 24.0 Å². The van der Waals surface area contributed by atoms with Crippen LogP contribution < -0.4 is 5.73 Å². The number of piperidine rings is 1. The Morgan fingerprint density at radius 1 is 1.11 bits per heavy atom. The molecule has 104 valence electrons. The van der Waals surface area contributed by atoms with Crippen LogP contribution in [0.5, 0.6) is 0 Å². The molecule has 0 bridgehead atoms. The zero-order valence-electron chi connectivity index (χ0n) is 11.2. The fourth-order valence-electron chi connectivity index (χ4n) is 2.76. The first-order valence-corrected chi connectivity index (χ1v) is 6.98. The summed E-state index contributed by atoms with van der Waals surface area (Å²) in [6.07, 6.45) is 4.99. The molecule has 3 nitrogen and oxygen atoms in total. The van der Waals surface area contributed by atoms with Crippen molar-refractivity contribution < 1.29 is 0 Å². The first-order chi connectivity index (χ1) is 8.84. The lowest BCUT2D eigenvalue weighted by atomic mass is 10.1. The Labute approximate surface area is 132 Å². The maximum atomic E-state index is 6.11. The van der Waals surface area contributed by atoms with Crippen molar-refractivity contribution in [2.24, 2.45) is 10.7 Å². The second-order valence-electron chi connectivity index (χ2n) is 5.36. The van der Waals surface area contributed by atoms with Crippen molar-refractivity contribution >= 4 is 29.9 Å². The van der Waals surface area contributed by atoms with E-state index in [0.29, 0.717) is 12.0 Å². The van der Waals surface area contributed by atoms with Gasteiger partial charge in [0.15, 0.2) is 5.96 Å². The largest absolute Gasteiger partial charge is 0.370 e. The van der Waals surface area contributed by atoms with Gasteiger partial charge in [-0.05, 0) is 31.2 Å². The normalized spacial score (nSPS) is 26.7. The lowest BCUT2D eigenvalue weighted by Crippen LogP contribution is -2.41. The van der Waals surface area contributed by atoms with Crippen LogP contribution in [0.15, 0.2) is 35.3 Å². The quantitative estimate of drug-likeness (QED) is 0.494. The molecule has 4 heteroatoms. The van der Waals surface area contributed by atoms with E-state index in [1.807, 2.05) is 0 Å². The van der Waals surface area contributed by atoms with E-state index in [1.165, 1.54) is 24.8 Å². The Morgan fingerprint density at radius 3 is 2.47 bits per heavy atom. The molecule has 1 aliphatic carbocycles. The molecule has 1 aliphatic heterocycles. The third-order valence-electron chi connectivity index (χ3n) is 3.96. The summed E-state index contributed by atoms with van der Waals surface area (Å²) in [5.74, 6) is 1.35. The number of rotatable bonds is 2. The number of hydrogen-bond acceptors (Lipinski definition) is 1. The van der Waals surface area contributed by atoms with E-state index >= 15 is 0 Å². The lowest BCUT2D eigenvalue weighted by molar-refractivity contribution is 0.338. The topological polar surface area (TPSA) is 41.6 Å². The number of nitrogens with two attached hydrogens (primary N) is 1. The summed E-state index contributed by atoms with van der Waals surface area (Å²) in [5.41, 5.74) is 7.51. The van der Waals surface area contributed by atoms with Crippen LogP contribution in [0.25, 0.3) is 0 Å². The average Bonchev–Trinajstić information content (AvgIpc) is 3.20. The van der Waals surface area contributed by atoms with E-state index in [1.54, 1.807) is 0 Å². The molecule has 0 spiro atoms. The fraction of sp³-hybridized carbons (Fsp3) is 0.533. The number of aliphatic imine (C=N–C) groups is 1. The van der Waals surface area contributed by atoms with E-state index < -0.39 is 0 Å². The van der Waals surface area contributed by atoms with Crippen molar-refractivity contribution in [2.75, 3.05) is 13.1 Å². The van der Waals surface area contributed by atoms with Gasteiger partial charge in [0.2, 0.25) is 0 Å². The van der Waals surface area contributed by atoms with Crippen LogP contribution in [0.4, 0.5) is 0 Å². The molecule has 1 heterocycles. The summed E-state index contributed by atoms with van der Waals surface area (Å²) >= 11 is 0. The minimum atomic E-state index is 0. The molecule has 1 aromatic carbocycles. The zero-order valence-corrected chi connectivity index (χ0v) is 13.5. The van der Waals surface area contributed by atoms with Gasteiger partial charge < -0.3 is 10.6 Å². The van der Waals surface area contributed by atoms with Crippen LogP contribution in [-0.4, -0.2) is 30.0 Å². The van der Waals surface area contributed by atoms with Gasteiger partial charge >= 0.3 is 0 Å². The average molecular weight is 371 g/mol. The van der Waals surface area contributed by atoms with Crippen molar-refractivity contribution in [3.63, 3.8) is 0 Å². The van der Waals surface area contributed by atoms with E-state index in [0.717, 1.165) is 25.5 Å². The van der Waals surface area contributed by atoms with Crippen molar-refractivity contribution in [1.82, 2.24) is 4.90 Å². The summed E-state index contributed by atoms with van der Waals surface area (Å²) in [6.45, 7) is 2.16. The summed E-state index contributed by atoms with van der Waals surface area (Å²) in [7, 11) is 0. The molecule has 2 N–H and O–H groups in total. The SMILES string of the molecule is I.NC(=NC1CC1c1ccccc1)N1CCCCC1. The predicted molar refractivity (Wildman–Crippen MR) is 90.0 cm³/mol. The lowest BCUT2D eigenvalue weighted by Gasteiger charge is -2.27. The molecule has 3 rings (SSSR count). The Kier molecular flexibility index (Phi) is 5.07. The molecule has 1 aromatic rings. The first-order valence-electron chi connectivity index (χ1n) is 6.98. The molecule has 2 fully saturated rings. The Bertz CT molecular complexity index is 426. The monoisotopic (exact) mass is 371 g/mol. The van der Waals surface area contributed by atoms with Gasteiger partial charge in [-0.15, -0.1) is 24.0 Å². The maximum Gasteiger partial charge on any atom is 0.191 e. The molecule has 0 aromatic heterocycles. The Morgan fingerprint density at radius 2 is 1.79 bits per heavy atom. The van der Waals surface area contributed by atoms with Crippen LogP contribution in [-0.2, 0) is 0 Å². The zero-order chi connectivity index (χ0) is 12.4. The molecule has 2 aliphatic rings. The van der Waals surface area contributed by atoms with E-state index in [2.05, 4.69) is 35.2 Å². The molecule has 0 radical (unpaired) electrons. The second-order valence-corrected chi connectivity index (χ2v) is 5.36. The van der Waals surface area contributed by atoms with Gasteiger partial charge in [0.25, 0.3) is 0 Å². The maximum absolute atomic E-state index is 6.11. The van der Waals surface area contributed by atoms with Gasteiger partial charge in [0.05, 0.1) is 6.04 Å². The minimum Gasteiger partial charge on any atom is -0.370 e. The number of nitrogens with zero attached hydrogens (tertiary/aromatic N) is 2. The van der Waals surface area contributed by atoms with Crippen LogP contribution in [0.3, 0.4) is 0 Å². The molecule has 2 atom stereocenters. The number of guanidine groups is 1. The first kappa shape index (κ1) is 14.6. The number of halogens is 1. The number of hydrogen-bond donors (Lipinski definition) is 1. The van der Waals surface area contributed by atoms with Crippen LogP contribution >= 0.6 is 24.0 Å². The highest BCUT2D eigenvalue weighted by atomic mass is 127. The van der Waals surface area contributed by atoms with Gasteiger partial charge in [0.1, 0.15) is 0 Å². The predicted octanol–water partition coefficient (Wildman–Crippen LogP) is 2.96. The minimum absolute atomic E-state index is 0. The number of likely N-dealkylation sites (tertiary alicyclic amines) is 1. The molecular formula is C15H22IN3. The van der Waals surface area contributed by atoms with Crippen LogP contribution in [0.1, 0.15) is 37.2 Å². The smallest absolute Gasteiger partial charge is 0.191 e. The summed E-state index contributed by atoms with van der Waals surface area (Å²) in [6, 6.07) is 11.1. The second kappa shape index (κ2) is 6.59. The van der Waals surface area contributed by atoms with E-state index in [4.69, 9.17) is 10.7 Å². The Hall–Kier alpha value is -0.780. The van der Waals surface area contributed by atoms with Crippen molar-refractivity contribution in [3.05, 3.63) is 35.9 Å². The molecule has 19 heavy (non-hydrogen) atoms. The van der Waals surface area contributed by atoms with Crippen molar-refractivity contribution in [2.45, 2.75) is 37.6 Å². The summed E-state index contributed by atoms with van der Waals surface area (Å²) < 4.78 is 0. The van der Waals surface area contributed by atoms with Crippen LogP contribution in [0, 0.1) is 0 Å². The molecule has 0 amide bonds. The third-order valence-corrected chi connectivity index (χ3v) is 3.96. The highest BCUT2D eigenvalue weighted by molar-refractivity contribution is 14.0. The third kappa shape index (κ3) is 3.61.